The Morgan fingerprint density at radius 1 is 1.33 bits per heavy atom. The van der Waals surface area contributed by atoms with Gasteiger partial charge in [0.05, 0.1) is 24.5 Å². The molecule has 4 rings (SSSR count). The topological polar surface area (TPSA) is 91.8 Å². The zero-order chi connectivity index (χ0) is 19.0. The molecule has 7 nitrogen and oxygen atoms in total. The maximum Gasteiger partial charge on any atom is 0.336 e. The maximum atomic E-state index is 12.5. The Balaban J connectivity index is 1.83. The summed E-state index contributed by atoms with van der Waals surface area (Å²) in [7, 11) is 0. The molecule has 2 aliphatic rings. The fourth-order valence-electron chi connectivity index (χ4n) is 3.12. The molecule has 0 bridgehead atoms. The molecule has 2 aliphatic heterocycles. The number of halogens is 1. The lowest BCUT2D eigenvalue weighted by Crippen LogP contribution is -2.36. The van der Waals surface area contributed by atoms with Crippen LogP contribution in [0.4, 0.5) is 5.13 Å². The summed E-state index contributed by atoms with van der Waals surface area (Å²) in [5, 5.41) is 13.5. The number of fused-ring (bicyclic) bond motifs is 1. The van der Waals surface area contributed by atoms with Crippen LogP contribution in [-0.4, -0.2) is 54.8 Å². The minimum atomic E-state index is -1.08. The van der Waals surface area contributed by atoms with Gasteiger partial charge >= 0.3 is 5.97 Å². The van der Waals surface area contributed by atoms with Crippen molar-refractivity contribution in [1.82, 2.24) is 10.3 Å². The molecule has 0 aliphatic carbocycles. The molecule has 0 atom stereocenters. The van der Waals surface area contributed by atoms with Gasteiger partial charge < -0.3 is 20.1 Å². The summed E-state index contributed by atoms with van der Waals surface area (Å²) < 4.78 is 5.37. The summed E-state index contributed by atoms with van der Waals surface area (Å²) in [6.07, 6.45) is 1.79. The highest BCUT2D eigenvalue weighted by Crippen LogP contribution is 2.36. The fourth-order valence-corrected chi connectivity index (χ4v) is 4.34. The van der Waals surface area contributed by atoms with Crippen molar-refractivity contribution in [2.45, 2.75) is 0 Å². The number of carboxylic acid groups (broad SMARTS) is 1. The number of thiazole rings is 1. The van der Waals surface area contributed by atoms with E-state index in [-0.39, 0.29) is 11.5 Å². The number of hydrogen-bond donors (Lipinski definition) is 2. The standard InChI is InChI=1S/C18H16ClN3O4S/c19-10-1-2-11(13(9-10)17(24)25)12-3-4-20-16(23)15-14(12)21-18(27-15)22-5-7-26-8-6-22/h1-3,9H,4-8H2,(H,20,23)(H,24,25). The van der Waals surface area contributed by atoms with Crippen molar-refractivity contribution < 1.29 is 19.4 Å². The minimum absolute atomic E-state index is 0.0787. The number of carbonyl (C=O) groups is 2. The Hall–Kier alpha value is -2.42. The average Bonchev–Trinajstić information content (AvgIpc) is 3.05. The number of nitrogens with one attached hydrogen (secondary N) is 1. The Morgan fingerprint density at radius 2 is 2.11 bits per heavy atom. The molecular weight excluding hydrogens is 390 g/mol. The van der Waals surface area contributed by atoms with E-state index in [0.717, 1.165) is 5.13 Å². The fraction of sp³-hybridized carbons (Fsp3) is 0.278. The number of rotatable bonds is 3. The Kier molecular flexibility index (Phi) is 4.86. The predicted octanol–water partition coefficient (Wildman–Crippen LogP) is 2.51. The summed E-state index contributed by atoms with van der Waals surface area (Å²) >= 11 is 7.29. The Labute approximate surface area is 164 Å². The molecule has 1 aromatic heterocycles. The molecular formula is C18H16ClN3O4S. The van der Waals surface area contributed by atoms with Crippen LogP contribution >= 0.6 is 22.9 Å². The van der Waals surface area contributed by atoms with Crippen LogP contribution in [0.15, 0.2) is 24.3 Å². The van der Waals surface area contributed by atoms with Gasteiger partial charge in [0.15, 0.2) is 5.13 Å². The highest BCUT2D eigenvalue weighted by Gasteiger charge is 2.28. The number of morpholine rings is 1. The second kappa shape index (κ2) is 7.30. The van der Waals surface area contributed by atoms with Crippen molar-refractivity contribution in [3.05, 3.63) is 51.0 Å². The number of aromatic nitrogens is 1. The number of benzene rings is 1. The van der Waals surface area contributed by atoms with Crippen molar-refractivity contribution in [3.63, 3.8) is 0 Å². The first kappa shape index (κ1) is 18.0. The third-order valence-corrected chi connectivity index (χ3v) is 5.78. The van der Waals surface area contributed by atoms with Gasteiger partial charge in [-0.2, -0.15) is 0 Å². The van der Waals surface area contributed by atoms with E-state index in [4.69, 9.17) is 21.3 Å². The molecule has 0 saturated carbocycles. The van der Waals surface area contributed by atoms with E-state index < -0.39 is 5.97 Å². The predicted molar refractivity (Wildman–Crippen MR) is 103 cm³/mol. The largest absolute Gasteiger partial charge is 0.478 e. The zero-order valence-corrected chi connectivity index (χ0v) is 15.8. The van der Waals surface area contributed by atoms with Crippen LogP contribution < -0.4 is 10.2 Å². The zero-order valence-electron chi connectivity index (χ0n) is 14.2. The van der Waals surface area contributed by atoms with Crippen LogP contribution in [0.3, 0.4) is 0 Å². The third kappa shape index (κ3) is 3.43. The lowest BCUT2D eigenvalue weighted by atomic mass is 9.96. The van der Waals surface area contributed by atoms with Crippen LogP contribution in [0.5, 0.6) is 0 Å². The second-order valence-electron chi connectivity index (χ2n) is 6.10. The smallest absolute Gasteiger partial charge is 0.336 e. The second-order valence-corrected chi connectivity index (χ2v) is 7.51. The van der Waals surface area contributed by atoms with E-state index >= 15 is 0 Å². The first-order valence-electron chi connectivity index (χ1n) is 8.40. The normalized spacial score (nSPS) is 17.0. The van der Waals surface area contributed by atoms with Crippen LogP contribution in [0.25, 0.3) is 5.57 Å². The van der Waals surface area contributed by atoms with Gasteiger partial charge in [-0.1, -0.05) is 35.1 Å². The summed E-state index contributed by atoms with van der Waals surface area (Å²) in [4.78, 5) is 31.5. The number of hydrogen-bond acceptors (Lipinski definition) is 6. The molecule has 1 amide bonds. The van der Waals surface area contributed by atoms with E-state index in [9.17, 15) is 14.7 Å². The average molecular weight is 406 g/mol. The molecule has 1 aromatic carbocycles. The van der Waals surface area contributed by atoms with Crippen molar-refractivity contribution in [1.29, 1.82) is 0 Å². The number of nitrogens with zero attached hydrogens (tertiary/aromatic N) is 2. The van der Waals surface area contributed by atoms with Gasteiger partial charge in [-0.3, -0.25) is 4.79 Å². The van der Waals surface area contributed by atoms with Gasteiger partial charge in [0.25, 0.3) is 5.91 Å². The van der Waals surface area contributed by atoms with E-state index in [1.54, 1.807) is 18.2 Å². The lowest BCUT2D eigenvalue weighted by Gasteiger charge is -2.26. The number of carboxylic acids is 1. The molecule has 2 N–H and O–H groups in total. The number of aromatic carboxylic acids is 1. The van der Waals surface area contributed by atoms with Crippen LogP contribution in [-0.2, 0) is 4.74 Å². The SMILES string of the molecule is O=C(O)c1cc(Cl)ccc1C1=CCNC(=O)c2sc(N3CCOCC3)nc21. The highest BCUT2D eigenvalue weighted by atomic mass is 35.5. The Bertz CT molecular complexity index is 950. The van der Waals surface area contributed by atoms with Crippen LogP contribution in [0.2, 0.25) is 5.02 Å². The highest BCUT2D eigenvalue weighted by molar-refractivity contribution is 7.17. The van der Waals surface area contributed by atoms with Crippen molar-refractivity contribution in [2.75, 3.05) is 37.7 Å². The molecule has 140 valence electrons. The quantitative estimate of drug-likeness (QED) is 0.815. The van der Waals surface area contributed by atoms with Gasteiger partial charge in [0, 0.05) is 30.2 Å². The van der Waals surface area contributed by atoms with Gasteiger partial charge in [-0.05, 0) is 17.7 Å². The first-order chi connectivity index (χ1) is 13.0. The number of anilines is 1. The van der Waals surface area contributed by atoms with Crippen molar-refractivity contribution in [2.24, 2.45) is 0 Å². The lowest BCUT2D eigenvalue weighted by molar-refractivity contribution is 0.0696. The van der Waals surface area contributed by atoms with Crippen LogP contribution in [0.1, 0.15) is 31.3 Å². The van der Waals surface area contributed by atoms with E-state index in [1.165, 1.54) is 17.4 Å². The summed E-state index contributed by atoms with van der Waals surface area (Å²) in [6, 6.07) is 4.71. The van der Waals surface area contributed by atoms with Gasteiger partial charge in [0.1, 0.15) is 4.88 Å². The van der Waals surface area contributed by atoms with Crippen molar-refractivity contribution in [3.8, 4) is 0 Å². The third-order valence-electron chi connectivity index (χ3n) is 4.43. The summed E-state index contributed by atoms with van der Waals surface area (Å²) in [5.74, 6) is -1.29. The number of carbonyl (C=O) groups excluding carboxylic acids is 1. The van der Waals surface area contributed by atoms with E-state index in [1.807, 2.05) is 0 Å². The molecule has 0 spiro atoms. The summed E-state index contributed by atoms with van der Waals surface area (Å²) in [6.45, 7) is 2.92. The minimum Gasteiger partial charge on any atom is -0.478 e. The molecule has 0 unspecified atom stereocenters. The molecule has 1 saturated heterocycles. The molecule has 0 radical (unpaired) electrons. The Morgan fingerprint density at radius 3 is 2.85 bits per heavy atom. The molecule has 27 heavy (non-hydrogen) atoms. The van der Waals surface area contributed by atoms with Gasteiger partial charge in [-0.15, -0.1) is 0 Å². The van der Waals surface area contributed by atoms with Gasteiger partial charge in [0.2, 0.25) is 0 Å². The number of ether oxygens (including phenoxy) is 1. The maximum absolute atomic E-state index is 12.5. The first-order valence-corrected chi connectivity index (χ1v) is 9.59. The van der Waals surface area contributed by atoms with E-state index in [0.29, 0.717) is 59.6 Å². The number of amides is 1. The van der Waals surface area contributed by atoms with Crippen molar-refractivity contribution >= 4 is 45.5 Å². The molecule has 2 aromatic rings. The monoisotopic (exact) mass is 405 g/mol. The van der Waals surface area contributed by atoms with Gasteiger partial charge in [-0.25, -0.2) is 9.78 Å². The summed E-state index contributed by atoms with van der Waals surface area (Å²) in [5.41, 5.74) is 1.69. The molecule has 1 fully saturated rings. The molecule has 9 heteroatoms. The van der Waals surface area contributed by atoms with E-state index in [2.05, 4.69) is 10.2 Å². The molecule has 3 heterocycles. The van der Waals surface area contributed by atoms with Crippen LogP contribution in [0, 0.1) is 0 Å².